The van der Waals surface area contributed by atoms with Gasteiger partial charge < -0.3 is 19.4 Å². The first kappa shape index (κ1) is 18.5. The van der Waals surface area contributed by atoms with E-state index in [9.17, 15) is 9.18 Å². The number of amides is 1. The van der Waals surface area contributed by atoms with Crippen molar-refractivity contribution in [3.05, 3.63) is 78.4 Å². The van der Waals surface area contributed by atoms with Gasteiger partial charge in [-0.1, -0.05) is 12.1 Å². The van der Waals surface area contributed by atoms with Crippen molar-refractivity contribution in [3.8, 4) is 11.5 Å². The van der Waals surface area contributed by atoms with Crippen LogP contribution in [0.4, 0.5) is 10.1 Å². The molecule has 0 spiro atoms. The Morgan fingerprint density at radius 1 is 1.07 bits per heavy atom. The monoisotopic (exact) mass is 368 g/mol. The molecule has 0 saturated heterocycles. The summed E-state index contributed by atoms with van der Waals surface area (Å²) < 4.78 is 25.7. The highest BCUT2D eigenvalue weighted by molar-refractivity contribution is 5.92. The van der Waals surface area contributed by atoms with Gasteiger partial charge in [0.1, 0.15) is 17.3 Å². The summed E-state index contributed by atoms with van der Waals surface area (Å²) in [6.45, 7) is 0. The number of hydrogen-bond donors (Lipinski definition) is 1. The number of ether oxygens (including phenoxy) is 2. The van der Waals surface area contributed by atoms with E-state index < -0.39 is 0 Å². The second kappa shape index (κ2) is 8.40. The molecule has 0 fully saturated rings. The van der Waals surface area contributed by atoms with E-state index in [0.717, 1.165) is 5.56 Å². The molecule has 1 atom stereocenters. The van der Waals surface area contributed by atoms with Crippen LogP contribution in [0.1, 0.15) is 18.0 Å². The number of benzene rings is 2. The number of methoxy groups -OCH3 is 2. The van der Waals surface area contributed by atoms with Gasteiger partial charge in [0.15, 0.2) is 0 Å². The average molecular weight is 368 g/mol. The largest absolute Gasteiger partial charge is 0.497 e. The van der Waals surface area contributed by atoms with E-state index >= 15 is 0 Å². The molecule has 0 aliphatic heterocycles. The third-order valence-electron chi connectivity index (χ3n) is 4.30. The minimum absolute atomic E-state index is 0.179. The van der Waals surface area contributed by atoms with E-state index in [-0.39, 0.29) is 24.2 Å². The van der Waals surface area contributed by atoms with Gasteiger partial charge in [-0.25, -0.2) is 4.39 Å². The number of hydrogen-bond acceptors (Lipinski definition) is 3. The molecule has 1 heterocycles. The van der Waals surface area contributed by atoms with Crippen molar-refractivity contribution in [2.45, 2.75) is 12.5 Å². The Morgan fingerprint density at radius 3 is 2.41 bits per heavy atom. The number of aromatic nitrogens is 1. The number of halogens is 1. The lowest BCUT2D eigenvalue weighted by molar-refractivity contribution is -0.116. The molecule has 6 heteroatoms. The van der Waals surface area contributed by atoms with Gasteiger partial charge in [0.2, 0.25) is 5.91 Å². The minimum atomic E-state index is -0.308. The maximum atomic E-state index is 13.3. The van der Waals surface area contributed by atoms with Gasteiger partial charge in [-0.2, -0.15) is 0 Å². The van der Waals surface area contributed by atoms with Crippen LogP contribution in [0.2, 0.25) is 0 Å². The summed E-state index contributed by atoms with van der Waals surface area (Å²) in [6.07, 6.45) is 3.96. The molecule has 1 unspecified atom stereocenters. The topological polar surface area (TPSA) is 52.5 Å². The maximum absolute atomic E-state index is 13.3. The Kier molecular flexibility index (Phi) is 5.76. The van der Waals surface area contributed by atoms with E-state index in [2.05, 4.69) is 5.32 Å². The molecular formula is C21H21FN2O3. The second-order valence-corrected chi connectivity index (χ2v) is 6.02. The maximum Gasteiger partial charge on any atom is 0.226 e. The first-order chi connectivity index (χ1) is 13.1. The lowest BCUT2D eigenvalue weighted by Gasteiger charge is -2.20. The Morgan fingerprint density at radius 2 is 1.78 bits per heavy atom. The number of rotatable bonds is 7. The summed E-state index contributed by atoms with van der Waals surface area (Å²) in [7, 11) is 3.10. The van der Waals surface area contributed by atoms with Gasteiger partial charge in [-0.3, -0.25) is 4.79 Å². The number of carbonyl (C=O) groups is 1. The van der Waals surface area contributed by atoms with E-state index in [4.69, 9.17) is 9.47 Å². The summed E-state index contributed by atoms with van der Waals surface area (Å²) in [5.41, 5.74) is 1.41. The van der Waals surface area contributed by atoms with Gasteiger partial charge in [0.05, 0.1) is 32.4 Å². The van der Waals surface area contributed by atoms with Crippen LogP contribution in [0.5, 0.6) is 11.5 Å². The molecule has 0 saturated carbocycles. The molecule has 1 amide bonds. The van der Waals surface area contributed by atoms with Crippen molar-refractivity contribution in [2.75, 3.05) is 19.5 Å². The molecule has 3 rings (SSSR count). The zero-order valence-electron chi connectivity index (χ0n) is 15.2. The Labute approximate surface area is 157 Å². The fraction of sp³-hybridized carbons (Fsp3) is 0.190. The van der Waals surface area contributed by atoms with E-state index in [1.807, 2.05) is 29.1 Å². The quantitative estimate of drug-likeness (QED) is 0.678. The first-order valence-corrected chi connectivity index (χ1v) is 8.50. The van der Waals surface area contributed by atoms with Crippen molar-refractivity contribution in [1.82, 2.24) is 4.57 Å². The van der Waals surface area contributed by atoms with E-state index in [0.29, 0.717) is 17.2 Å². The van der Waals surface area contributed by atoms with Crippen LogP contribution in [0.25, 0.3) is 0 Å². The van der Waals surface area contributed by atoms with E-state index in [1.54, 1.807) is 37.4 Å². The highest BCUT2D eigenvalue weighted by Gasteiger charge is 2.18. The van der Waals surface area contributed by atoms with Crippen molar-refractivity contribution in [3.63, 3.8) is 0 Å². The summed E-state index contributed by atoms with van der Waals surface area (Å²) in [5.74, 6) is 0.669. The number of nitrogens with zero attached hydrogens (tertiary/aromatic N) is 1. The Balaban J connectivity index is 1.80. The molecule has 0 aliphatic carbocycles. The molecule has 140 valence electrons. The van der Waals surface area contributed by atoms with Crippen LogP contribution in [0.3, 0.4) is 0 Å². The molecule has 1 N–H and O–H groups in total. The van der Waals surface area contributed by atoms with Crippen molar-refractivity contribution in [2.24, 2.45) is 0 Å². The lowest BCUT2D eigenvalue weighted by Crippen LogP contribution is -2.20. The minimum Gasteiger partial charge on any atom is -0.497 e. The van der Waals surface area contributed by atoms with Crippen LogP contribution in [0.15, 0.2) is 67.0 Å². The summed E-state index contributed by atoms with van der Waals surface area (Å²) >= 11 is 0. The van der Waals surface area contributed by atoms with Gasteiger partial charge >= 0.3 is 0 Å². The van der Waals surface area contributed by atoms with Gasteiger partial charge in [-0.05, 0) is 42.0 Å². The molecule has 1 aromatic heterocycles. The van der Waals surface area contributed by atoms with Crippen LogP contribution >= 0.6 is 0 Å². The second-order valence-electron chi connectivity index (χ2n) is 6.02. The Hall–Kier alpha value is -3.28. The molecule has 2 aromatic carbocycles. The highest BCUT2D eigenvalue weighted by Crippen LogP contribution is 2.30. The summed E-state index contributed by atoms with van der Waals surface area (Å²) in [6, 6.07) is 14.9. The predicted octanol–water partition coefficient (Wildman–Crippen LogP) is 4.26. The SMILES string of the molecule is COc1ccc(NC(=O)CC(c2ccc(F)cc2)n2cccc2)c(OC)c1. The fourth-order valence-corrected chi connectivity index (χ4v) is 2.91. The smallest absolute Gasteiger partial charge is 0.226 e. The number of nitrogens with one attached hydrogen (secondary N) is 1. The van der Waals surface area contributed by atoms with Crippen LogP contribution in [-0.2, 0) is 4.79 Å². The molecule has 5 nitrogen and oxygen atoms in total. The first-order valence-electron chi connectivity index (χ1n) is 8.50. The van der Waals surface area contributed by atoms with Crippen molar-refractivity contribution < 1.29 is 18.7 Å². The summed E-state index contributed by atoms with van der Waals surface area (Å²) in [4.78, 5) is 12.7. The van der Waals surface area contributed by atoms with Gasteiger partial charge in [0.25, 0.3) is 0 Å². The van der Waals surface area contributed by atoms with E-state index in [1.165, 1.54) is 19.2 Å². The third kappa shape index (κ3) is 4.47. The third-order valence-corrected chi connectivity index (χ3v) is 4.30. The van der Waals surface area contributed by atoms with Crippen LogP contribution < -0.4 is 14.8 Å². The average Bonchev–Trinajstić information content (AvgIpc) is 3.21. The molecule has 0 bridgehead atoms. The normalized spacial score (nSPS) is 11.7. The molecular weight excluding hydrogens is 347 g/mol. The predicted molar refractivity (Wildman–Crippen MR) is 102 cm³/mol. The molecule has 0 aliphatic rings. The van der Waals surface area contributed by atoms with Gasteiger partial charge in [0, 0.05) is 18.5 Å². The zero-order chi connectivity index (χ0) is 19.2. The lowest BCUT2D eigenvalue weighted by atomic mass is 10.0. The standard InChI is InChI=1S/C21H21FN2O3/c1-26-17-9-10-18(20(13-17)27-2)23-21(25)14-19(24-11-3-4-12-24)15-5-7-16(22)8-6-15/h3-13,19H,14H2,1-2H3,(H,23,25). The molecule has 27 heavy (non-hydrogen) atoms. The van der Waals surface area contributed by atoms with Crippen LogP contribution in [-0.4, -0.2) is 24.7 Å². The summed E-state index contributed by atoms with van der Waals surface area (Å²) in [5, 5.41) is 2.88. The molecule has 0 radical (unpaired) electrons. The number of carbonyl (C=O) groups excluding carboxylic acids is 1. The zero-order valence-corrected chi connectivity index (χ0v) is 15.2. The van der Waals surface area contributed by atoms with Gasteiger partial charge in [-0.15, -0.1) is 0 Å². The van der Waals surface area contributed by atoms with Crippen molar-refractivity contribution in [1.29, 1.82) is 0 Å². The number of anilines is 1. The van der Waals surface area contributed by atoms with Crippen LogP contribution in [0, 0.1) is 5.82 Å². The van der Waals surface area contributed by atoms with Crippen molar-refractivity contribution >= 4 is 11.6 Å². The highest BCUT2D eigenvalue weighted by atomic mass is 19.1. The fourth-order valence-electron chi connectivity index (χ4n) is 2.91. The Bertz CT molecular complexity index is 892. The molecule has 3 aromatic rings.